The van der Waals surface area contributed by atoms with Crippen LogP contribution < -0.4 is 10.1 Å². The average Bonchev–Trinajstić information content (AvgIpc) is 2.95. The Morgan fingerprint density at radius 3 is 2.86 bits per heavy atom. The normalized spacial score (nSPS) is 11.9. The molecular formula is C15H18N2O4. The molecule has 1 aromatic heterocycles. The lowest BCUT2D eigenvalue weighted by Crippen LogP contribution is -2.35. The number of hydrogen-bond acceptors (Lipinski definition) is 5. The number of ether oxygens (including phenoxy) is 2. The van der Waals surface area contributed by atoms with E-state index in [1.807, 2.05) is 37.3 Å². The van der Waals surface area contributed by atoms with Crippen molar-refractivity contribution in [3.63, 3.8) is 0 Å². The third-order valence-electron chi connectivity index (χ3n) is 2.74. The van der Waals surface area contributed by atoms with Crippen molar-refractivity contribution in [3.8, 4) is 5.88 Å². The Balaban J connectivity index is 1.87. The maximum atomic E-state index is 11.9. The van der Waals surface area contributed by atoms with Crippen molar-refractivity contribution in [1.82, 2.24) is 10.5 Å². The largest absolute Gasteiger partial charge is 0.471 e. The lowest BCUT2D eigenvalue weighted by atomic mass is 10.2. The Morgan fingerprint density at radius 2 is 2.14 bits per heavy atom. The summed E-state index contributed by atoms with van der Waals surface area (Å²) in [7, 11) is 1.58. The van der Waals surface area contributed by atoms with Gasteiger partial charge in [-0.3, -0.25) is 4.79 Å². The molecule has 21 heavy (non-hydrogen) atoms. The highest BCUT2D eigenvalue weighted by atomic mass is 16.5. The van der Waals surface area contributed by atoms with Gasteiger partial charge in [-0.2, -0.15) is 0 Å². The molecule has 0 spiro atoms. The predicted octanol–water partition coefficient (Wildman–Crippen LogP) is 2.02. The summed E-state index contributed by atoms with van der Waals surface area (Å²) in [5.41, 5.74) is 1.01. The van der Waals surface area contributed by atoms with Crippen LogP contribution in [0.5, 0.6) is 5.88 Å². The molecule has 112 valence electrons. The van der Waals surface area contributed by atoms with Crippen LogP contribution in [0.2, 0.25) is 0 Å². The molecule has 2 rings (SSSR count). The Hall–Kier alpha value is -2.34. The molecule has 6 heteroatoms. The van der Waals surface area contributed by atoms with E-state index in [0.717, 1.165) is 5.56 Å². The number of carbonyl (C=O) groups excluding carboxylic acids is 1. The van der Waals surface area contributed by atoms with E-state index >= 15 is 0 Å². The Bertz CT molecular complexity index is 568. The molecule has 0 fully saturated rings. The molecular weight excluding hydrogens is 272 g/mol. The summed E-state index contributed by atoms with van der Waals surface area (Å²) in [4.78, 5) is 11.9. The van der Waals surface area contributed by atoms with Crippen molar-refractivity contribution >= 4 is 5.91 Å². The number of carbonyl (C=O) groups is 1. The first kappa shape index (κ1) is 15.1. The van der Waals surface area contributed by atoms with Crippen molar-refractivity contribution in [2.24, 2.45) is 0 Å². The Kier molecular flexibility index (Phi) is 5.34. The van der Waals surface area contributed by atoms with Gasteiger partial charge in [0, 0.05) is 13.2 Å². The number of hydrogen-bond donors (Lipinski definition) is 1. The van der Waals surface area contributed by atoms with Crippen LogP contribution in [0.15, 0.2) is 40.9 Å². The summed E-state index contributed by atoms with van der Waals surface area (Å²) in [5.74, 6) is 0.0472. The van der Waals surface area contributed by atoms with Gasteiger partial charge in [0.1, 0.15) is 6.61 Å². The van der Waals surface area contributed by atoms with Gasteiger partial charge in [0.25, 0.3) is 11.8 Å². The number of aromatic nitrogens is 1. The minimum atomic E-state index is -0.346. The van der Waals surface area contributed by atoms with Crippen LogP contribution >= 0.6 is 0 Å². The summed E-state index contributed by atoms with van der Waals surface area (Å²) < 4.78 is 15.4. The van der Waals surface area contributed by atoms with Gasteiger partial charge in [-0.05, 0) is 17.6 Å². The molecule has 0 saturated heterocycles. The van der Waals surface area contributed by atoms with Crippen LogP contribution in [0.3, 0.4) is 0 Å². The highest BCUT2D eigenvalue weighted by Gasteiger charge is 2.15. The number of benzene rings is 1. The van der Waals surface area contributed by atoms with E-state index in [1.165, 1.54) is 6.07 Å². The Labute approximate surface area is 123 Å². The molecule has 1 amide bonds. The van der Waals surface area contributed by atoms with Crippen molar-refractivity contribution in [2.75, 3.05) is 13.7 Å². The fourth-order valence-electron chi connectivity index (χ4n) is 1.75. The summed E-state index contributed by atoms with van der Waals surface area (Å²) in [6, 6.07) is 11.0. The van der Waals surface area contributed by atoms with Crippen molar-refractivity contribution < 1.29 is 18.8 Å². The van der Waals surface area contributed by atoms with Crippen LogP contribution in [0.4, 0.5) is 0 Å². The molecule has 1 aromatic carbocycles. The lowest BCUT2D eigenvalue weighted by molar-refractivity contribution is 0.0868. The monoisotopic (exact) mass is 290 g/mol. The zero-order valence-corrected chi connectivity index (χ0v) is 12.0. The fourth-order valence-corrected chi connectivity index (χ4v) is 1.75. The maximum absolute atomic E-state index is 11.9. The topological polar surface area (TPSA) is 73.6 Å². The minimum Gasteiger partial charge on any atom is -0.471 e. The summed E-state index contributed by atoms with van der Waals surface area (Å²) in [6.07, 6.45) is 0. The van der Waals surface area contributed by atoms with E-state index in [1.54, 1.807) is 7.11 Å². The van der Waals surface area contributed by atoms with Crippen molar-refractivity contribution in [3.05, 3.63) is 47.7 Å². The number of nitrogens with zero attached hydrogens (tertiary/aromatic N) is 1. The minimum absolute atomic E-state index is 0.110. The second-order valence-electron chi connectivity index (χ2n) is 4.63. The highest BCUT2D eigenvalue weighted by molar-refractivity contribution is 5.91. The average molecular weight is 290 g/mol. The first-order valence-electron chi connectivity index (χ1n) is 6.62. The first-order valence-corrected chi connectivity index (χ1v) is 6.62. The molecule has 1 atom stereocenters. The number of amides is 1. The SMILES string of the molecule is COCC(C)NC(=O)c1cc(OCc2ccccc2)no1. The van der Waals surface area contributed by atoms with E-state index in [9.17, 15) is 4.79 Å². The second kappa shape index (κ2) is 7.44. The summed E-state index contributed by atoms with van der Waals surface area (Å²) >= 11 is 0. The van der Waals surface area contributed by atoms with E-state index in [-0.39, 0.29) is 23.6 Å². The summed E-state index contributed by atoms with van der Waals surface area (Å²) in [5, 5.41) is 6.45. The van der Waals surface area contributed by atoms with Crippen LogP contribution in [-0.2, 0) is 11.3 Å². The van der Waals surface area contributed by atoms with Gasteiger partial charge in [-0.1, -0.05) is 30.3 Å². The van der Waals surface area contributed by atoms with Crippen molar-refractivity contribution in [1.29, 1.82) is 0 Å². The first-order chi connectivity index (χ1) is 10.2. The number of nitrogens with one attached hydrogen (secondary N) is 1. The van der Waals surface area contributed by atoms with Gasteiger partial charge in [0.05, 0.1) is 12.7 Å². The van der Waals surface area contributed by atoms with Gasteiger partial charge < -0.3 is 19.3 Å². The zero-order chi connectivity index (χ0) is 15.1. The smallest absolute Gasteiger partial charge is 0.290 e. The molecule has 2 aromatic rings. The van der Waals surface area contributed by atoms with E-state index < -0.39 is 0 Å². The van der Waals surface area contributed by atoms with E-state index in [2.05, 4.69) is 10.5 Å². The van der Waals surface area contributed by atoms with Crippen LogP contribution in [-0.4, -0.2) is 30.8 Å². The van der Waals surface area contributed by atoms with E-state index in [0.29, 0.717) is 13.2 Å². The van der Waals surface area contributed by atoms with Crippen molar-refractivity contribution in [2.45, 2.75) is 19.6 Å². The molecule has 6 nitrogen and oxygen atoms in total. The van der Waals surface area contributed by atoms with Crippen LogP contribution in [0.25, 0.3) is 0 Å². The third-order valence-corrected chi connectivity index (χ3v) is 2.74. The number of methoxy groups -OCH3 is 1. The van der Waals surface area contributed by atoms with Gasteiger partial charge in [0.15, 0.2) is 0 Å². The van der Waals surface area contributed by atoms with Gasteiger partial charge in [-0.15, -0.1) is 0 Å². The maximum Gasteiger partial charge on any atom is 0.290 e. The lowest BCUT2D eigenvalue weighted by Gasteiger charge is -2.10. The van der Waals surface area contributed by atoms with Gasteiger partial charge in [0.2, 0.25) is 5.76 Å². The zero-order valence-electron chi connectivity index (χ0n) is 12.0. The van der Waals surface area contributed by atoms with Gasteiger partial charge >= 0.3 is 0 Å². The molecule has 0 radical (unpaired) electrons. The third kappa shape index (κ3) is 4.61. The fraction of sp³-hybridized carbons (Fsp3) is 0.333. The standard InChI is InChI=1S/C15H18N2O4/c1-11(9-19-2)16-15(18)13-8-14(17-21-13)20-10-12-6-4-3-5-7-12/h3-8,11H,9-10H2,1-2H3,(H,16,18). The quantitative estimate of drug-likeness (QED) is 0.844. The highest BCUT2D eigenvalue weighted by Crippen LogP contribution is 2.13. The van der Waals surface area contributed by atoms with Crippen LogP contribution in [0, 0.1) is 0 Å². The summed E-state index contributed by atoms with van der Waals surface area (Å²) in [6.45, 7) is 2.64. The van der Waals surface area contributed by atoms with Gasteiger partial charge in [-0.25, -0.2) is 0 Å². The molecule has 0 aliphatic heterocycles. The molecule has 1 heterocycles. The Morgan fingerprint density at radius 1 is 1.38 bits per heavy atom. The van der Waals surface area contributed by atoms with E-state index in [4.69, 9.17) is 14.0 Å². The molecule has 1 N–H and O–H groups in total. The second-order valence-corrected chi connectivity index (χ2v) is 4.63. The molecule has 0 bridgehead atoms. The molecule has 0 saturated carbocycles. The molecule has 1 unspecified atom stereocenters. The molecule has 0 aliphatic rings. The van der Waals surface area contributed by atoms with Crippen LogP contribution in [0.1, 0.15) is 23.0 Å². The predicted molar refractivity (Wildman–Crippen MR) is 76.1 cm³/mol. The number of rotatable bonds is 7. The molecule has 0 aliphatic carbocycles.